The van der Waals surface area contributed by atoms with E-state index < -0.39 is 0 Å². The van der Waals surface area contributed by atoms with Crippen molar-refractivity contribution in [1.82, 2.24) is 0 Å². The number of aryl methyl sites for hydroxylation is 2. The predicted molar refractivity (Wildman–Crippen MR) is 74.2 cm³/mol. The van der Waals surface area contributed by atoms with Gasteiger partial charge in [-0.25, -0.2) is 0 Å². The Morgan fingerprint density at radius 3 is 1.76 bits per heavy atom. The maximum atomic E-state index is 8.36. The Bertz CT molecular complexity index is 360. The van der Waals surface area contributed by atoms with Gasteiger partial charge in [0.25, 0.3) is 19.4 Å². The number of hydrogen-bond acceptors (Lipinski definition) is 3. The van der Waals surface area contributed by atoms with Crippen molar-refractivity contribution in [3.63, 3.8) is 0 Å². The van der Waals surface area contributed by atoms with Gasteiger partial charge in [-0.15, -0.1) is 0 Å². The molecule has 0 radical (unpaired) electrons. The van der Waals surface area contributed by atoms with Crippen LogP contribution in [0.25, 0.3) is 0 Å². The van der Waals surface area contributed by atoms with Crippen LogP contribution in [0.2, 0.25) is 0 Å². The minimum atomic E-state index is -0.250. The van der Waals surface area contributed by atoms with Crippen molar-refractivity contribution in [2.45, 2.75) is 39.5 Å². The van der Waals surface area contributed by atoms with Crippen molar-refractivity contribution in [2.24, 2.45) is 0 Å². The van der Waals surface area contributed by atoms with E-state index in [1.807, 2.05) is 0 Å². The summed E-state index contributed by atoms with van der Waals surface area (Å²) in [5.41, 5.74) is 6.37. The van der Waals surface area contributed by atoms with E-state index in [-0.39, 0.29) is 41.1 Å². The molecule has 1 aromatic carbocycles. The molecule has 0 aliphatic heterocycles. The first-order chi connectivity index (χ1) is 9.53. The summed E-state index contributed by atoms with van der Waals surface area (Å²) in [7, 11) is 0. The van der Waals surface area contributed by atoms with Gasteiger partial charge in [0.15, 0.2) is 0 Å². The second kappa shape index (κ2) is 16.5. The first-order valence-electron chi connectivity index (χ1n) is 6.02. The van der Waals surface area contributed by atoms with Gasteiger partial charge in [0.05, 0.1) is 0 Å². The molecule has 118 valence electrons. The first-order valence-corrected chi connectivity index (χ1v) is 6.02. The second-order valence-electron chi connectivity index (χ2n) is 3.99. The summed E-state index contributed by atoms with van der Waals surface area (Å²) in [4.78, 5) is 25.1. The fraction of sp³-hybridized carbons (Fsp3) is 0.429. The third kappa shape index (κ3) is 10.9. The van der Waals surface area contributed by atoms with E-state index >= 15 is 0 Å². The molecular weight excluding hydrogens is 312 g/mol. The average Bonchev–Trinajstić information content (AvgIpc) is 2.69. The van der Waals surface area contributed by atoms with Crippen LogP contribution in [-0.2, 0) is 48.9 Å². The monoisotopic (exact) mass is 333 g/mol. The SMILES string of the molecule is Cc1c[c-](C)c2c1CCCC2.O=CO.O=CO.O=CO.[Ti]. The van der Waals surface area contributed by atoms with E-state index in [0.29, 0.717) is 0 Å². The van der Waals surface area contributed by atoms with Crippen LogP contribution in [0, 0.1) is 13.8 Å². The molecule has 0 saturated heterocycles. The Morgan fingerprint density at radius 1 is 1.00 bits per heavy atom. The summed E-state index contributed by atoms with van der Waals surface area (Å²) in [6.45, 7) is 3.74. The normalized spacial score (nSPS) is 10.4. The van der Waals surface area contributed by atoms with Gasteiger partial charge in [0.1, 0.15) is 0 Å². The molecule has 1 aromatic rings. The summed E-state index contributed by atoms with van der Waals surface area (Å²) in [6.07, 6.45) is 5.46. The quantitative estimate of drug-likeness (QED) is 0.380. The zero-order chi connectivity index (χ0) is 16.0. The number of hydrogen-bond donors (Lipinski definition) is 3. The van der Waals surface area contributed by atoms with E-state index in [0.717, 1.165) is 0 Å². The van der Waals surface area contributed by atoms with E-state index in [2.05, 4.69) is 19.9 Å². The van der Waals surface area contributed by atoms with Crippen LogP contribution in [0.15, 0.2) is 6.07 Å². The average molecular weight is 333 g/mol. The van der Waals surface area contributed by atoms with E-state index in [1.54, 1.807) is 11.1 Å². The molecule has 0 saturated carbocycles. The van der Waals surface area contributed by atoms with Gasteiger partial charge in [-0.3, -0.25) is 14.4 Å². The van der Waals surface area contributed by atoms with Crippen molar-refractivity contribution in [3.8, 4) is 0 Å². The van der Waals surface area contributed by atoms with E-state index in [4.69, 9.17) is 29.7 Å². The van der Waals surface area contributed by atoms with Gasteiger partial charge in [0.2, 0.25) is 0 Å². The van der Waals surface area contributed by atoms with Gasteiger partial charge >= 0.3 is 0 Å². The van der Waals surface area contributed by atoms with Crippen LogP contribution in [0.3, 0.4) is 0 Å². The Labute approximate surface area is 139 Å². The van der Waals surface area contributed by atoms with Crippen molar-refractivity contribution >= 4 is 19.4 Å². The maximum absolute atomic E-state index is 8.36. The molecule has 3 N–H and O–H groups in total. The summed E-state index contributed by atoms with van der Waals surface area (Å²) in [5, 5.41) is 20.7. The standard InChI is InChI=1S/C11H15.3CH2O2.Ti/c1-8-7-9(2)11-6-4-3-5-10(8)11;3*2-1-3;/h7H,3-6H2,1-2H3;3*1H,(H,2,3);/q-1;;;;. The Balaban J connectivity index is -0.000000276. The molecule has 0 heterocycles. The third-order valence-corrected chi connectivity index (χ3v) is 2.85. The van der Waals surface area contributed by atoms with Crippen LogP contribution in [-0.4, -0.2) is 34.7 Å². The van der Waals surface area contributed by atoms with Crippen molar-refractivity contribution < 1.29 is 51.4 Å². The molecule has 1 aliphatic rings. The van der Waals surface area contributed by atoms with Crippen LogP contribution in [0.1, 0.15) is 35.1 Å². The number of rotatable bonds is 0. The molecular formula is C14H21O6Ti-. The summed E-state index contributed by atoms with van der Waals surface area (Å²) >= 11 is 0. The fourth-order valence-electron chi connectivity index (χ4n) is 2.27. The van der Waals surface area contributed by atoms with Crippen LogP contribution in [0.4, 0.5) is 0 Å². The molecule has 0 aromatic heterocycles. The minimum Gasteiger partial charge on any atom is -0.483 e. The van der Waals surface area contributed by atoms with Gasteiger partial charge in [-0.1, -0.05) is 39.5 Å². The van der Waals surface area contributed by atoms with Crippen LogP contribution in [0.5, 0.6) is 0 Å². The predicted octanol–water partition coefficient (Wildman–Crippen LogP) is 2.00. The minimum absolute atomic E-state index is 0. The maximum Gasteiger partial charge on any atom is 0.290 e. The van der Waals surface area contributed by atoms with E-state index in [9.17, 15) is 0 Å². The molecule has 0 bridgehead atoms. The zero-order valence-corrected chi connectivity index (χ0v) is 13.8. The smallest absolute Gasteiger partial charge is 0.290 e. The summed E-state index contributed by atoms with van der Waals surface area (Å²) in [5.74, 6) is 0. The molecule has 1 aliphatic carbocycles. The molecule has 6 nitrogen and oxygen atoms in total. The number of carboxylic acid groups (broad SMARTS) is 3. The van der Waals surface area contributed by atoms with Crippen molar-refractivity contribution in [1.29, 1.82) is 0 Å². The first kappa shape index (κ1) is 24.5. The van der Waals surface area contributed by atoms with E-state index in [1.165, 1.54) is 36.8 Å². The van der Waals surface area contributed by atoms with Crippen LogP contribution < -0.4 is 0 Å². The van der Waals surface area contributed by atoms with Gasteiger partial charge in [0, 0.05) is 21.7 Å². The van der Waals surface area contributed by atoms with Crippen molar-refractivity contribution in [3.05, 3.63) is 28.3 Å². The summed E-state index contributed by atoms with van der Waals surface area (Å²) < 4.78 is 0. The molecule has 2 rings (SSSR count). The molecule has 0 fully saturated rings. The topological polar surface area (TPSA) is 112 Å². The Morgan fingerprint density at radius 2 is 1.38 bits per heavy atom. The zero-order valence-electron chi connectivity index (χ0n) is 12.2. The molecule has 21 heavy (non-hydrogen) atoms. The second-order valence-corrected chi connectivity index (χ2v) is 3.99. The summed E-state index contributed by atoms with van der Waals surface area (Å²) in [6, 6.07) is 2.34. The molecule has 0 atom stereocenters. The molecule has 0 spiro atoms. The van der Waals surface area contributed by atoms with Crippen molar-refractivity contribution in [2.75, 3.05) is 0 Å². The third-order valence-electron chi connectivity index (χ3n) is 2.85. The largest absolute Gasteiger partial charge is 0.483 e. The Kier molecular flexibility index (Phi) is 19.3. The van der Waals surface area contributed by atoms with Crippen LogP contribution >= 0.6 is 0 Å². The Hall–Kier alpha value is -1.53. The van der Waals surface area contributed by atoms with Gasteiger partial charge in [-0.05, 0) is 0 Å². The molecule has 0 amide bonds. The molecule has 7 heteroatoms. The number of carbonyl (C=O) groups is 3. The van der Waals surface area contributed by atoms with Gasteiger partial charge in [-0.2, -0.15) is 28.3 Å². The molecule has 0 unspecified atom stereocenters. The fourth-order valence-corrected chi connectivity index (χ4v) is 2.27. The number of fused-ring (bicyclic) bond motifs is 1. The van der Waals surface area contributed by atoms with Gasteiger partial charge < -0.3 is 15.3 Å².